The molecule has 32 heavy (non-hydrogen) atoms. The van der Waals surface area contributed by atoms with Crippen LogP contribution < -0.4 is 10.3 Å². The van der Waals surface area contributed by atoms with E-state index in [9.17, 15) is 4.39 Å². The second kappa shape index (κ2) is 9.56. The summed E-state index contributed by atoms with van der Waals surface area (Å²) in [6.07, 6.45) is 4.62. The molecule has 1 heterocycles. The van der Waals surface area contributed by atoms with Crippen molar-refractivity contribution in [3.8, 4) is 22.5 Å². The van der Waals surface area contributed by atoms with Crippen LogP contribution in [0.4, 0.5) is 10.1 Å². The number of halogens is 1. The normalized spacial score (nSPS) is 11.4. The van der Waals surface area contributed by atoms with Crippen LogP contribution in [0.1, 0.15) is 45.1 Å². The van der Waals surface area contributed by atoms with E-state index in [0.29, 0.717) is 16.7 Å². The fourth-order valence-electron chi connectivity index (χ4n) is 4.25. The third kappa shape index (κ3) is 4.40. The maximum Gasteiger partial charge on any atom is 0.137 e. The third-order valence-electron chi connectivity index (χ3n) is 6.08. The van der Waals surface area contributed by atoms with Gasteiger partial charge in [0.15, 0.2) is 0 Å². The van der Waals surface area contributed by atoms with Gasteiger partial charge in [0.1, 0.15) is 17.2 Å². The molecule has 0 saturated carbocycles. The van der Waals surface area contributed by atoms with E-state index in [-0.39, 0.29) is 5.82 Å². The SMILES string of the molecule is CCCCN(CCCC)c1ccc2c(-c3ccc(F)c(C)c3)c3ccc(=N)cc-3oc2c1. The lowest BCUT2D eigenvalue weighted by Crippen LogP contribution is -2.25. The van der Waals surface area contributed by atoms with Crippen LogP contribution in [-0.2, 0) is 0 Å². The number of hydrogen-bond donors (Lipinski definition) is 1. The summed E-state index contributed by atoms with van der Waals surface area (Å²) in [5.41, 5.74) is 5.46. The van der Waals surface area contributed by atoms with E-state index in [1.807, 2.05) is 18.2 Å². The second-order valence-corrected chi connectivity index (χ2v) is 8.53. The van der Waals surface area contributed by atoms with Gasteiger partial charge in [-0.3, -0.25) is 0 Å². The van der Waals surface area contributed by atoms with E-state index in [0.717, 1.165) is 72.1 Å². The Morgan fingerprint density at radius 1 is 0.906 bits per heavy atom. The fourth-order valence-corrected chi connectivity index (χ4v) is 4.25. The van der Waals surface area contributed by atoms with E-state index in [4.69, 9.17) is 9.83 Å². The average molecular weight is 431 g/mol. The van der Waals surface area contributed by atoms with Gasteiger partial charge in [0.2, 0.25) is 0 Å². The standard InChI is InChI=1S/C28H31FN2O/c1-4-6-14-31(15-7-5-2)22-10-12-24-27(18-22)32-26-17-21(30)9-11-23(26)28(24)20-8-13-25(29)19(3)16-20/h8-13,16-18,30H,4-7,14-15H2,1-3H3. The quantitative estimate of drug-likeness (QED) is 0.293. The Labute approximate surface area is 189 Å². The molecule has 4 rings (SSSR count). The maximum atomic E-state index is 14.0. The van der Waals surface area contributed by atoms with Crippen molar-refractivity contribution in [2.75, 3.05) is 18.0 Å². The van der Waals surface area contributed by atoms with Crippen LogP contribution in [0.15, 0.2) is 59.0 Å². The van der Waals surface area contributed by atoms with Crippen LogP contribution in [0.5, 0.6) is 0 Å². The molecule has 2 aromatic rings. The molecule has 0 aromatic heterocycles. The van der Waals surface area contributed by atoms with Gasteiger partial charge in [-0.05, 0) is 67.3 Å². The number of anilines is 1. The average Bonchev–Trinajstić information content (AvgIpc) is 2.79. The molecule has 1 N–H and O–H groups in total. The Bertz CT molecular complexity index is 1250. The van der Waals surface area contributed by atoms with Gasteiger partial charge in [-0.1, -0.05) is 32.8 Å². The summed E-state index contributed by atoms with van der Waals surface area (Å²) >= 11 is 0. The number of nitrogens with zero attached hydrogens (tertiary/aromatic N) is 1. The van der Waals surface area contributed by atoms with Gasteiger partial charge in [-0.2, -0.15) is 0 Å². The van der Waals surface area contributed by atoms with Crippen LogP contribution in [-0.4, -0.2) is 13.1 Å². The Morgan fingerprint density at radius 3 is 2.34 bits per heavy atom. The molecule has 0 radical (unpaired) electrons. The van der Waals surface area contributed by atoms with E-state index in [1.54, 1.807) is 19.1 Å². The number of benzene rings is 3. The number of hydrogen-bond acceptors (Lipinski definition) is 3. The first kappa shape index (κ1) is 22.1. The molecule has 1 aliphatic heterocycles. The Hall–Kier alpha value is -3.14. The van der Waals surface area contributed by atoms with Gasteiger partial charge < -0.3 is 14.7 Å². The van der Waals surface area contributed by atoms with Crippen molar-refractivity contribution in [1.82, 2.24) is 0 Å². The lowest BCUT2D eigenvalue weighted by molar-refractivity contribution is 0.617. The first-order valence-electron chi connectivity index (χ1n) is 11.6. The summed E-state index contributed by atoms with van der Waals surface area (Å²) < 4.78 is 20.3. The van der Waals surface area contributed by atoms with Crippen molar-refractivity contribution in [1.29, 1.82) is 5.41 Å². The molecule has 4 heteroatoms. The summed E-state index contributed by atoms with van der Waals surface area (Å²) in [6, 6.07) is 17.1. The van der Waals surface area contributed by atoms with Crippen LogP contribution in [0.2, 0.25) is 0 Å². The fraction of sp³-hybridized carbons (Fsp3) is 0.321. The maximum absolute atomic E-state index is 14.0. The highest BCUT2D eigenvalue weighted by molar-refractivity contribution is 6.02. The monoisotopic (exact) mass is 430 g/mol. The first-order valence-corrected chi connectivity index (χ1v) is 11.6. The Balaban J connectivity index is 1.93. The number of aryl methyl sites for hydroxylation is 1. The minimum atomic E-state index is -0.207. The number of unbranched alkanes of at least 4 members (excludes halogenated alkanes) is 2. The molecule has 0 amide bonds. The molecular weight excluding hydrogens is 399 g/mol. The molecule has 0 bridgehead atoms. The van der Waals surface area contributed by atoms with Gasteiger partial charge in [0.25, 0.3) is 0 Å². The Kier molecular flexibility index (Phi) is 6.59. The highest BCUT2D eigenvalue weighted by atomic mass is 19.1. The molecule has 2 aliphatic rings. The van der Waals surface area contributed by atoms with Crippen molar-refractivity contribution < 1.29 is 8.81 Å². The second-order valence-electron chi connectivity index (χ2n) is 8.53. The number of fused-ring (bicyclic) bond motifs is 2. The molecule has 0 unspecified atom stereocenters. The van der Waals surface area contributed by atoms with Crippen LogP contribution in [0.3, 0.4) is 0 Å². The van der Waals surface area contributed by atoms with Gasteiger partial charge in [-0.25, -0.2) is 4.39 Å². The number of rotatable bonds is 8. The van der Waals surface area contributed by atoms with Crippen LogP contribution in [0.25, 0.3) is 33.4 Å². The van der Waals surface area contributed by atoms with Crippen molar-refractivity contribution >= 4 is 16.7 Å². The minimum absolute atomic E-state index is 0.207. The van der Waals surface area contributed by atoms with E-state index >= 15 is 0 Å². The van der Waals surface area contributed by atoms with Gasteiger partial charge in [0.05, 0.1) is 5.36 Å². The predicted octanol–water partition coefficient (Wildman–Crippen LogP) is 7.54. The van der Waals surface area contributed by atoms with E-state index in [2.05, 4.69) is 36.9 Å². The van der Waals surface area contributed by atoms with Crippen LogP contribution >= 0.6 is 0 Å². The number of nitrogens with one attached hydrogen (secondary N) is 1. The molecular formula is C28H31FN2O. The smallest absolute Gasteiger partial charge is 0.137 e. The van der Waals surface area contributed by atoms with Crippen molar-refractivity contribution in [3.05, 3.63) is 71.3 Å². The summed E-state index contributed by atoms with van der Waals surface area (Å²) in [5.74, 6) is 0.467. The molecule has 0 fully saturated rings. The van der Waals surface area contributed by atoms with Gasteiger partial charge in [-0.15, -0.1) is 0 Å². The lowest BCUT2D eigenvalue weighted by atomic mass is 9.92. The summed E-state index contributed by atoms with van der Waals surface area (Å²) in [5, 5.41) is 9.47. The molecule has 2 aromatic carbocycles. The molecule has 0 atom stereocenters. The molecule has 0 saturated heterocycles. The highest BCUT2D eigenvalue weighted by Crippen LogP contribution is 2.41. The lowest BCUT2D eigenvalue weighted by Gasteiger charge is -2.25. The van der Waals surface area contributed by atoms with E-state index < -0.39 is 0 Å². The molecule has 1 aliphatic carbocycles. The van der Waals surface area contributed by atoms with Gasteiger partial charge >= 0.3 is 0 Å². The van der Waals surface area contributed by atoms with Crippen molar-refractivity contribution in [3.63, 3.8) is 0 Å². The largest absolute Gasteiger partial charge is 0.456 e. The first-order chi connectivity index (χ1) is 15.5. The Morgan fingerprint density at radius 2 is 1.66 bits per heavy atom. The third-order valence-corrected chi connectivity index (χ3v) is 6.08. The van der Waals surface area contributed by atoms with Gasteiger partial charge in [0, 0.05) is 47.4 Å². The van der Waals surface area contributed by atoms with Crippen LogP contribution in [0, 0.1) is 18.2 Å². The summed E-state index contributed by atoms with van der Waals surface area (Å²) in [4.78, 5) is 2.44. The topological polar surface area (TPSA) is 40.2 Å². The van der Waals surface area contributed by atoms with Crippen molar-refractivity contribution in [2.24, 2.45) is 0 Å². The zero-order valence-electron chi connectivity index (χ0n) is 19.2. The minimum Gasteiger partial charge on any atom is -0.456 e. The molecule has 166 valence electrons. The predicted molar refractivity (Wildman–Crippen MR) is 131 cm³/mol. The molecule has 0 spiro atoms. The summed E-state index contributed by atoms with van der Waals surface area (Å²) in [7, 11) is 0. The molecule has 3 nitrogen and oxygen atoms in total. The zero-order valence-corrected chi connectivity index (χ0v) is 19.2. The van der Waals surface area contributed by atoms with Crippen molar-refractivity contribution in [2.45, 2.75) is 46.5 Å². The zero-order chi connectivity index (χ0) is 22.7. The van der Waals surface area contributed by atoms with E-state index in [1.165, 1.54) is 6.07 Å². The summed E-state index contributed by atoms with van der Waals surface area (Å²) in [6.45, 7) is 8.27. The highest BCUT2D eigenvalue weighted by Gasteiger charge is 2.18.